The standard InChI is InChI=1S/C15H24N2O2S2/c1-3-4-11(5-6-18)8-16-10(2)13-7-12-15(21-13)20-9-14(19)17-12/h7,10-11,16,18H,3-6,8-9H2,1-2H3,(H,17,19). The Balaban J connectivity index is 1.91. The molecule has 2 rings (SSSR count). The van der Waals surface area contributed by atoms with Crippen molar-refractivity contribution in [2.75, 3.05) is 24.2 Å². The lowest BCUT2D eigenvalue weighted by Gasteiger charge is -2.19. The van der Waals surface area contributed by atoms with E-state index in [1.165, 1.54) is 9.09 Å². The third kappa shape index (κ3) is 4.71. The molecular weight excluding hydrogens is 304 g/mol. The minimum absolute atomic E-state index is 0.0865. The number of aliphatic hydroxyl groups is 1. The Morgan fingerprint density at radius 3 is 3.00 bits per heavy atom. The minimum Gasteiger partial charge on any atom is -0.396 e. The van der Waals surface area contributed by atoms with Crippen molar-refractivity contribution >= 4 is 34.7 Å². The van der Waals surface area contributed by atoms with Crippen LogP contribution in [0, 0.1) is 5.92 Å². The second-order valence-electron chi connectivity index (χ2n) is 5.48. The van der Waals surface area contributed by atoms with Gasteiger partial charge in [-0.25, -0.2) is 0 Å². The number of hydrogen-bond donors (Lipinski definition) is 3. The molecule has 6 heteroatoms. The van der Waals surface area contributed by atoms with Gasteiger partial charge in [-0.1, -0.05) is 13.3 Å². The number of aliphatic hydroxyl groups excluding tert-OH is 1. The van der Waals surface area contributed by atoms with E-state index in [1.54, 1.807) is 23.1 Å². The molecular formula is C15H24N2O2S2. The van der Waals surface area contributed by atoms with Crippen LogP contribution in [-0.4, -0.2) is 29.9 Å². The van der Waals surface area contributed by atoms with E-state index in [0.717, 1.165) is 31.5 Å². The van der Waals surface area contributed by atoms with Gasteiger partial charge in [-0.3, -0.25) is 4.79 Å². The van der Waals surface area contributed by atoms with Gasteiger partial charge in [-0.2, -0.15) is 0 Å². The second kappa shape index (κ2) is 8.17. The molecule has 2 unspecified atom stereocenters. The number of thiophene rings is 1. The molecule has 1 amide bonds. The summed E-state index contributed by atoms with van der Waals surface area (Å²) in [7, 11) is 0. The molecule has 1 aromatic heterocycles. The molecule has 1 aromatic rings. The molecule has 21 heavy (non-hydrogen) atoms. The molecule has 0 aromatic carbocycles. The van der Waals surface area contributed by atoms with Crippen LogP contribution >= 0.6 is 23.1 Å². The molecule has 118 valence electrons. The summed E-state index contributed by atoms with van der Waals surface area (Å²) < 4.78 is 1.21. The van der Waals surface area contributed by atoms with Gasteiger partial charge >= 0.3 is 0 Å². The van der Waals surface area contributed by atoms with E-state index in [4.69, 9.17) is 5.11 Å². The van der Waals surface area contributed by atoms with E-state index in [9.17, 15) is 4.79 Å². The Labute approximate surface area is 134 Å². The van der Waals surface area contributed by atoms with Crippen molar-refractivity contribution in [3.63, 3.8) is 0 Å². The molecule has 0 aliphatic carbocycles. The van der Waals surface area contributed by atoms with Gasteiger partial charge in [0.25, 0.3) is 0 Å². The van der Waals surface area contributed by atoms with Crippen molar-refractivity contribution in [2.45, 2.75) is 43.4 Å². The highest BCUT2D eigenvalue weighted by Crippen LogP contribution is 2.41. The van der Waals surface area contributed by atoms with Crippen molar-refractivity contribution in [1.29, 1.82) is 0 Å². The first-order valence-electron chi connectivity index (χ1n) is 7.54. The fraction of sp³-hybridized carbons (Fsp3) is 0.667. The Kier molecular flexibility index (Phi) is 6.54. The normalized spacial score (nSPS) is 17.2. The number of carbonyl (C=O) groups is 1. The van der Waals surface area contributed by atoms with Crippen LogP contribution in [0.4, 0.5) is 5.69 Å². The van der Waals surface area contributed by atoms with E-state index >= 15 is 0 Å². The third-order valence-corrected chi connectivity index (χ3v) is 6.30. The van der Waals surface area contributed by atoms with Gasteiger partial charge in [-0.05, 0) is 38.3 Å². The summed E-state index contributed by atoms with van der Waals surface area (Å²) in [5.74, 6) is 1.14. The zero-order valence-corrected chi connectivity index (χ0v) is 14.3. The topological polar surface area (TPSA) is 61.4 Å². The summed E-state index contributed by atoms with van der Waals surface area (Å²) in [6.07, 6.45) is 3.16. The van der Waals surface area contributed by atoms with Crippen LogP contribution < -0.4 is 10.6 Å². The smallest absolute Gasteiger partial charge is 0.234 e. The van der Waals surface area contributed by atoms with E-state index in [1.807, 2.05) is 0 Å². The lowest BCUT2D eigenvalue weighted by atomic mass is 10.00. The van der Waals surface area contributed by atoms with E-state index in [0.29, 0.717) is 11.7 Å². The zero-order chi connectivity index (χ0) is 15.2. The fourth-order valence-electron chi connectivity index (χ4n) is 2.50. The van der Waals surface area contributed by atoms with E-state index < -0.39 is 0 Å². The van der Waals surface area contributed by atoms with Crippen LogP contribution in [0.15, 0.2) is 10.3 Å². The zero-order valence-electron chi connectivity index (χ0n) is 12.6. The highest BCUT2D eigenvalue weighted by atomic mass is 32.2. The van der Waals surface area contributed by atoms with E-state index in [2.05, 4.69) is 30.5 Å². The number of amides is 1. The van der Waals surface area contributed by atoms with Crippen molar-refractivity contribution in [1.82, 2.24) is 5.32 Å². The molecule has 1 aliphatic heterocycles. The molecule has 4 nitrogen and oxygen atoms in total. The van der Waals surface area contributed by atoms with Gasteiger partial charge in [-0.15, -0.1) is 23.1 Å². The van der Waals surface area contributed by atoms with Gasteiger partial charge in [0.15, 0.2) is 0 Å². The van der Waals surface area contributed by atoms with Crippen molar-refractivity contribution in [3.8, 4) is 0 Å². The Bertz CT molecular complexity index is 470. The SMILES string of the molecule is CCCC(CCO)CNC(C)c1cc2c(s1)SCC(=O)N2. The number of fused-ring (bicyclic) bond motifs is 1. The van der Waals surface area contributed by atoms with Gasteiger partial charge in [0.2, 0.25) is 5.91 Å². The molecule has 2 heterocycles. The van der Waals surface area contributed by atoms with E-state index in [-0.39, 0.29) is 18.6 Å². The molecule has 0 fully saturated rings. The van der Waals surface area contributed by atoms with Gasteiger partial charge in [0, 0.05) is 17.5 Å². The first-order chi connectivity index (χ1) is 10.1. The Morgan fingerprint density at radius 1 is 1.48 bits per heavy atom. The summed E-state index contributed by atoms with van der Waals surface area (Å²) in [5.41, 5.74) is 0.963. The van der Waals surface area contributed by atoms with Crippen LogP contribution in [0.3, 0.4) is 0 Å². The summed E-state index contributed by atoms with van der Waals surface area (Å²) in [6.45, 7) is 5.53. The van der Waals surface area contributed by atoms with Crippen molar-refractivity contribution < 1.29 is 9.90 Å². The molecule has 0 spiro atoms. The number of nitrogens with one attached hydrogen (secondary N) is 2. The number of hydrogen-bond acceptors (Lipinski definition) is 5. The Hall–Kier alpha value is -0.560. The van der Waals surface area contributed by atoms with Crippen molar-refractivity contribution in [2.24, 2.45) is 5.92 Å². The van der Waals surface area contributed by atoms with Crippen molar-refractivity contribution in [3.05, 3.63) is 10.9 Å². The lowest BCUT2D eigenvalue weighted by Crippen LogP contribution is -2.26. The lowest BCUT2D eigenvalue weighted by molar-refractivity contribution is -0.113. The summed E-state index contributed by atoms with van der Waals surface area (Å²) in [4.78, 5) is 12.7. The van der Waals surface area contributed by atoms with Crippen LogP contribution in [-0.2, 0) is 4.79 Å². The maximum atomic E-state index is 11.4. The average molecular weight is 329 g/mol. The van der Waals surface area contributed by atoms with Crippen LogP contribution in [0.1, 0.15) is 44.0 Å². The Morgan fingerprint density at radius 2 is 2.29 bits per heavy atom. The molecule has 2 atom stereocenters. The molecule has 0 radical (unpaired) electrons. The summed E-state index contributed by atoms with van der Waals surface area (Å²) in [6, 6.07) is 2.36. The minimum atomic E-state index is 0.0865. The fourth-order valence-corrected chi connectivity index (χ4v) is 4.67. The largest absolute Gasteiger partial charge is 0.396 e. The van der Waals surface area contributed by atoms with Gasteiger partial charge in [0.05, 0.1) is 15.6 Å². The molecule has 0 bridgehead atoms. The highest BCUT2D eigenvalue weighted by Gasteiger charge is 2.21. The monoisotopic (exact) mass is 328 g/mol. The molecule has 0 saturated heterocycles. The van der Waals surface area contributed by atoms with Gasteiger partial charge in [0.1, 0.15) is 0 Å². The quantitative estimate of drug-likeness (QED) is 0.685. The first-order valence-corrected chi connectivity index (χ1v) is 9.34. The highest BCUT2D eigenvalue weighted by molar-refractivity contribution is 8.02. The first kappa shape index (κ1) is 16.8. The maximum absolute atomic E-state index is 11.4. The number of carbonyl (C=O) groups excluding carboxylic acids is 1. The third-order valence-electron chi connectivity index (χ3n) is 3.70. The van der Waals surface area contributed by atoms with Gasteiger partial charge < -0.3 is 15.7 Å². The predicted octanol–water partition coefficient (Wildman–Crippen LogP) is 3.24. The van der Waals surface area contributed by atoms with Crippen LogP contribution in [0.2, 0.25) is 0 Å². The predicted molar refractivity (Wildman–Crippen MR) is 90.2 cm³/mol. The second-order valence-corrected chi connectivity index (χ2v) is 7.81. The number of anilines is 1. The van der Waals surface area contributed by atoms with Crippen LogP contribution in [0.25, 0.3) is 0 Å². The average Bonchev–Trinajstić information content (AvgIpc) is 2.88. The molecule has 1 aliphatic rings. The van der Waals surface area contributed by atoms with Crippen LogP contribution in [0.5, 0.6) is 0 Å². The maximum Gasteiger partial charge on any atom is 0.234 e. The number of rotatable bonds is 8. The summed E-state index contributed by atoms with van der Waals surface area (Å²) in [5, 5.41) is 15.6. The molecule has 0 saturated carbocycles. The molecule has 3 N–H and O–H groups in total. The summed E-state index contributed by atoms with van der Waals surface area (Å²) >= 11 is 3.38. The number of thioether (sulfide) groups is 1.